The molecule has 0 aliphatic heterocycles. The minimum Gasteiger partial charge on any atom is -0.490 e. The second kappa shape index (κ2) is 8.89. The van der Waals surface area contributed by atoms with Gasteiger partial charge in [0.1, 0.15) is 0 Å². The van der Waals surface area contributed by atoms with E-state index in [1.165, 1.54) is 0 Å². The maximum Gasteiger partial charge on any atom is 0.226 e. The average Bonchev–Trinajstić information content (AvgIpc) is 2.50. The van der Waals surface area contributed by atoms with E-state index in [9.17, 15) is 4.79 Å². The predicted molar refractivity (Wildman–Crippen MR) is 90.0 cm³/mol. The number of hydrogen-bond acceptors (Lipinski definition) is 3. The highest BCUT2D eigenvalue weighted by Crippen LogP contribution is 2.28. The Labute approximate surface area is 138 Å². The highest BCUT2D eigenvalue weighted by atomic mass is 35.5. The molecular formula is C17H26ClNO3. The minimum atomic E-state index is -0.545. The normalized spacial score (nSPS) is 11.1. The molecule has 1 N–H and O–H groups in total. The summed E-state index contributed by atoms with van der Waals surface area (Å²) in [7, 11) is 0. The van der Waals surface area contributed by atoms with Crippen molar-refractivity contribution in [1.82, 2.24) is 5.32 Å². The Morgan fingerprint density at radius 3 is 2.41 bits per heavy atom. The molecule has 0 spiro atoms. The van der Waals surface area contributed by atoms with Gasteiger partial charge in [0.05, 0.1) is 18.6 Å². The Hall–Kier alpha value is -1.42. The number of ether oxygens (including phenoxy) is 2. The molecule has 0 heterocycles. The standard InChI is InChI=1S/C17H26ClNO3/c1-5-21-14-8-7-13(11-15(14)22-6-2)9-10-19-16(20)17(3,4)12-18/h7-8,11H,5-6,9-10,12H2,1-4H3,(H,19,20). The van der Waals surface area contributed by atoms with Gasteiger partial charge in [-0.15, -0.1) is 11.6 Å². The number of benzene rings is 1. The SMILES string of the molecule is CCOc1ccc(CCNC(=O)C(C)(C)CCl)cc1OCC. The van der Waals surface area contributed by atoms with E-state index in [0.29, 0.717) is 25.6 Å². The van der Waals surface area contributed by atoms with Crippen molar-refractivity contribution in [2.45, 2.75) is 34.1 Å². The van der Waals surface area contributed by atoms with Crippen LogP contribution in [0.25, 0.3) is 0 Å². The van der Waals surface area contributed by atoms with Crippen LogP contribution >= 0.6 is 11.6 Å². The molecule has 0 atom stereocenters. The molecule has 1 amide bonds. The quantitative estimate of drug-likeness (QED) is 0.707. The second-order valence-electron chi connectivity index (χ2n) is 5.67. The van der Waals surface area contributed by atoms with Crippen molar-refractivity contribution in [2.24, 2.45) is 5.41 Å². The van der Waals surface area contributed by atoms with Crippen molar-refractivity contribution in [1.29, 1.82) is 0 Å². The first kappa shape index (κ1) is 18.6. The molecule has 0 bridgehead atoms. The highest BCUT2D eigenvalue weighted by Gasteiger charge is 2.25. The van der Waals surface area contributed by atoms with Crippen molar-refractivity contribution >= 4 is 17.5 Å². The Morgan fingerprint density at radius 2 is 1.82 bits per heavy atom. The van der Waals surface area contributed by atoms with Crippen LogP contribution in [-0.4, -0.2) is 31.5 Å². The largest absolute Gasteiger partial charge is 0.490 e. The summed E-state index contributed by atoms with van der Waals surface area (Å²) in [6, 6.07) is 5.87. The lowest BCUT2D eigenvalue weighted by Crippen LogP contribution is -2.39. The molecule has 0 aromatic heterocycles. The van der Waals surface area contributed by atoms with Crippen molar-refractivity contribution in [3.8, 4) is 11.5 Å². The Morgan fingerprint density at radius 1 is 1.18 bits per heavy atom. The summed E-state index contributed by atoms with van der Waals surface area (Å²) in [5, 5.41) is 2.92. The topological polar surface area (TPSA) is 47.6 Å². The van der Waals surface area contributed by atoms with E-state index in [1.807, 2.05) is 45.9 Å². The maximum absolute atomic E-state index is 12.0. The molecule has 4 nitrogen and oxygen atoms in total. The number of nitrogens with one attached hydrogen (secondary N) is 1. The fourth-order valence-electron chi connectivity index (χ4n) is 1.87. The molecule has 0 saturated carbocycles. The summed E-state index contributed by atoms with van der Waals surface area (Å²) in [5.74, 6) is 1.77. The molecular weight excluding hydrogens is 302 g/mol. The van der Waals surface area contributed by atoms with E-state index < -0.39 is 5.41 Å². The first-order valence-electron chi connectivity index (χ1n) is 7.67. The molecule has 0 fully saturated rings. The van der Waals surface area contributed by atoms with Gasteiger partial charge in [-0.1, -0.05) is 6.07 Å². The van der Waals surface area contributed by atoms with E-state index in [1.54, 1.807) is 0 Å². The van der Waals surface area contributed by atoms with Gasteiger partial charge >= 0.3 is 0 Å². The summed E-state index contributed by atoms with van der Waals surface area (Å²) in [5.41, 5.74) is 0.549. The van der Waals surface area contributed by atoms with Crippen LogP contribution in [0.2, 0.25) is 0 Å². The van der Waals surface area contributed by atoms with Crippen LogP contribution in [0, 0.1) is 5.41 Å². The molecule has 0 unspecified atom stereocenters. The summed E-state index contributed by atoms with van der Waals surface area (Å²) in [6.07, 6.45) is 0.733. The lowest BCUT2D eigenvalue weighted by atomic mass is 9.95. The van der Waals surface area contributed by atoms with E-state index in [4.69, 9.17) is 21.1 Å². The van der Waals surface area contributed by atoms with Gasteiger partial charge in [0.15, 0.2) is 11.5 Å². The van der Waals surface area contributed by atoms with Gasteiger partial charge in [-0.3, -0.25) is 4.79 Å². The highest BCUT2D eigenvalue weighted by molar-refractivity contribution is 6.19. The number of rotatable bonds is 9. The zero-order valence-electron chi connectivity index (χ0n) is 13.9. The van der Waals surface area contributed by atoms with E-state index in [0.717, 1.165) is 23.5 Å². The first-order chi connectivity index (χ1) is 10.4. The molecule has 1 rings (SSSR count). The van der Waals surface area contributed by atoms with Crippen molar-refractivity contribution in [2.75, 3.05) is 25.6 Å². The Kier molecular flexibility index (Phi) is 7.52. The van der Waals surface area contributed by atoms with Crippen molar-refractivity contribution in [3.63, 3.8) is 0 Å². The van der Waals surface area contributed by atoms with E-state index in [2.05, 4.69) is 5.32 Å². The Bertz CT molecular complexity index is 489. The summed E-state index contributed by atoms with van der Waals surface area (Å²) < 4.78 is 11.1. The van der Waals surface area contributed by atoms with Crippen molar-refractivity contribution in [3.05, 3.63) is 23.8 Å². The van der Waals surface area contributed by atoms with Crippen molar-refractivity contribution < 1.29 is 14.3 Å². The molecule has 124 valence electrons. The van der Waals surface area contributed by atoms with Crippen LogP contribution in [0.5, 0.6) is 11.5 Å². The Balaban J connectivity index is 2.63. The van der Waals surface area contributed by atoms with Crippen LogP contribution in [0.3, 0.4) is 0 Å². The van der Waals surface area contributed by atoms with Gasteiger partial charge in [-0.25, -0.2) is 0 Å². The molecule has 0 aliphatic carbocycles. The monoisotopic (exact) mass is 327 g/mol. The number of carbonyl (C=O) groups is 1. The molecule has 0 aliphatic rings. The molecule has 0 saturated heterocycles. The van der Waals surface area contributed by atoms with Crippen LogP contribution in [-0.2, 0) is 11.2 Å². The summed E-state index contributed by atoms with van der Waals surface area (Å²) in [6.45, 7) is 9.30. The summed E-state index contributed by atoms with van der Waals surface area (Å²) in [4.78, 5) is 12.0. The van der Waals surface area contributed by atoms with E-state index >= 15 is 0 Å². The third-order valence-corrected chi connectivity index (χ3v) is 3.92. The molecule has 0 radical (unpaired) electrons. The lowest BCUT2D eigenvalue weighted by molar-refractivity contribution is -0.128. The third-order valence-electron chi connectivity index (χ3n) is 3.26. The molecule has 22 heavy (non-hydrogen) atoms. The molecule has 5 heteroatoms. The molecule has 1 aromatic rings. The zero-order chi connectivity index (χ0) is 16.6. The summed E-state index contributed by atoms with van der Waals surface area (Å²) >= 11 is 5.80. The first-order valence-corrected chi connectivity index (χ1v) is 8.20. The number of amides is 1. The number of halogens is 1. The second-order valence-corrected chi connectivity index (χ2v) is 5.94. The van der Waals surface area contributed by atoms with Gasteiger partial charge in [-0.2, -0.15) is 0 Å². The third kappa shape index (κ3) is 5.41. The number of alkyl halides is 1. The van der Waals surface area contributed by atoms with Gasteiger partial charge < -0.3 is 14.8 Å². The van der Waals surface area contributed by atoms with E-state index in [-0.39, 0.29) is 5.91 Å². The van der Waals surface area contributed by atoms with Crippen LogP contribution in [0.15, 0.2) is 18.2 Å². The fourth-order valence-corrected chi connectivity index (χ4v) is 1.99. The van der Waals surface area contributed by atoms with Crippen LogP contribution in [0.4, 0.5) is 0 Å². The fraction of sp³-hybridized carbons (Fsp3) is 0.588. The van der Waals surface area contributed by atoms with Gasteiger partial charge in [0.25, 0.3) is 0 Å². The average molecular weight is 328 g/mol. The molecule has 1 aromatic carbocycles. The van der Waals surface area contributed by atoms with Crippen LogP contribution in [0.1, 0.15) is 33.3 Å². The smallest absolute Gasteiger partial charge is 0.226 e. The van der Waals surface area contributed by atoms with Gasteiger partial charge in [0.2, 0.25) is 5.91 Å². The maximum atomic E-state index is 12.0. The lowest BCUT2D eigenvalue weighted by Gasteiger charge is -2.20. The minimum absolute atomic E-state index is 0.0292. The number of carbonyl (C=O) groups excluding carboxylic acids is 1. The van der Waals surface area contributed by atoms with Gasteiger partial charge in [0, 0.05) is 12.4 Å². The van der Waals surface area contributed by atoms with Crippen LogP contribution < -0.4 is 14.8 Å². The predicted octanol–water partition coefficient (Wildman–Crippen LogP) is 3.41. The number of hydrogen-bond donors (Lipinski definition) is 1. The zero-order valence-corrected chi connectivity index (χ0v) is 14.6. The van der Waals surface area contributed by atoms with Gasteiger partial charge in [-0.05, 0) is 51.8 Å².